The fourth-order valence-electron chi connectivity index (χ4n) is 2.25. The molecule has 1 amide bonds. The molecule has 4 heteroatoms. The number of carbonyl (C=O) groups excluding carboxylic acids is 1. The molecule has 1 aliphatic rings. The summed E-state index contributed by atoms with van der Waals surface area (Å²) < 4.78 is 5.65. The second-order valence-corrected chi connectivity index (χ2v) is 6.69. The Labute approximate surface area is 122 Å². The summed E-state index contributed by atoms with van der Waals surface area (Å²) in [4.78, 5) is 12.4. The molecule has 0 fully saturated rings. The minimum Gasteiger partial charge on any atom is -0.480 e. The zero-order valence-corrected chi connectivity index (χ0v) is 12.9. The number of hydrogen-bond donors (Lipinski definition) is 1. The maximum absolute atomic E-state index is 12.0. The van der Waals surface area contributed by atoms with Crippen LogP contribution in [0.5, 0.6) is 5.75 Å². The van der Waals surface area contributed by atoms with Crippen LogP contribution in [0.1, 0.15) is 25.8 Å². The molecule has 2 rings (SSSR count). The summed E-state index contributed by atoms with van der Waals surface area (Å²) in [6, 6.07) is 7.82. The summed E-state index contributed by atoms with van der Waals surface area (Å²) in [5.41, 5.74) is 1.11. The number of para-hydroxylation sites is 1. The van der Waals surface area contributed by atoms with Gasteiger partial charge in [-0.25, -0.2) is 0 Å². The monoisotopic (exact) mass is 325 g/mol. The summed E-state index contributed by atoms with van der Waals surface area (Å²) >= 11 is 3.59. The number of hydrogen-bond acceptors (Lipinski definition) is 2. The molecule has 2 atom stereocenters. The van der Waals surface area contributed by atoms with Crippen molar-refractivity contribution in [2.24, 2.45) is 5.92 Å². The molecular weight excluding hydrogens is 306 g/mol. The van der Waals surface area contributed by atoms with Gasteiger partial charge < -0.3 is 10.1 Å². The van der Waals surface area contributed by atoms with Crippen molar-refractivity contribution in [1.29, 1.82) is 0 Å². The third-order valence-electron chi connectivity index (χ3n) is 3.16. The standard InChI is InChI=1S/C15H20BrNO2/c1-10(2)7-12(16)9-17-15(18)14-8-11-5-3-4-6-13(11)19-14/h3-6,10,12,14H,7-9H2,1-2H3,(H,17,18). The van der Waals surface area contributed by atoms with Gasteiger partial charge in [0, 0.05) is 17.8 Å². The van der Waals surface area contributed by atoms with Crippen LogP contribution in [-0.4, -0.2) is 23.4 Å². The lowest BCUT2D eigenvalue weighted by atomic mass is 10.1. The number of benzene rings is 1. The second kappa shape index (κ2) is 6.42. The van der Waals surface area contributed by atoms with Crippen molar-refractivity contribution in [2.75, 3.05) is 6.54 Å². The molecule has 0 aliphatic carbocycles. The normalized spacial score (nSPS) is 18.8. The van der Waals surface area contributed by atoms with Gasteiger partial charge in [0.2, 0.25) is 0 Å². The van der Waals surface area contributed by atoms with E-state index in [9.17, 15) is 4.79 Å². The van der Waals surface area contributed by atoms with Crippen molar-refractivity contribution in [2.45, 2.75) is 37.6 Å². The first kappa shape index (κ1) is 14.4. The molecule has 0 saturated heterocycles. The summed E-state index contributed by atoms with van der Waals surface area (Å²) in [6.07, 6.45) is 1.33. The van der Waals surface area contributed by atoms with Crippen LogP contribution in [0.3, 0.4) is 0 Å². The number of carbonyl (C=O) groups is 1. The molecule has 1 aromatic carbocycles. The lowest BCUT2D eigenvalue weighted by Gasteiger charge is -2.15. The van der Waals surface area contributed by atoms with Gasteiger partial charge >= 0.3 is 0 Å². The van der Waals surface area contributed by atoms with E-state index in [0.717, 1.165) is 17.7 Å². The molecule has 1 N–H and O–H groups in total. The van der Waals surface area contributed by atoms with E-state index in [4.69, 9.17) is 4.74 Å². The average molecular weight is 326 g/mol. The Morgan fingerprint density at radius 1 is 1.47 bits per heavy atom. The highest BCUT2D eigenvalue weighted by Crippen LogP contribution is 2.28. The van der Waals surface area contributed by atoms with Crippen LogP contribution in [0.25, 0.3) is 0 Å². The number of ether oxygens (including phenoxy) is 1. The zero-order valence-electron chi connectivity index (χ0n) is 11.4. The van der Waals surface area contributed by atoms with Gasteiger partial charge in [-0.2, -0.15) is 0 Å². The summed E-state index contributed by atoms with van der Waals surface area (Å²) in [7, 11) is 0. The quantitative estimate of drug-likeness (QED) is 0.845. The van der Waals surface area contributed by atoms with Gasteiger partial charge in [0.1, 0.15) is 5.75 Å². The van der Waals surface area contributed by atoms with Crippen LogP contribution >= 0.6 is 15.9 Å². The van der Waals surface area contributed by atoms with Crippen molar-refractivity contribution in [1.82, 2.24) is 5.32 Å². The van der Waals surface area contributed by atoms with Crippen molar-refractivity contribution in [3.63, 3.8) is 0 Å². The Bertz CT molecular complexity index is 423. The van der Waals surface area contributed by atoms with Crippen molar-refractivity contribution in [3.05, 3.63) is 29.8 Å². The van der Waals surface area contributed by atoms with Gasteiger partial charge in [0.05, 0.1) is 0 Å². The Balaban J connectivity index is 1.80. The van der Waals surface area contributed by atoms with Crippen molar-refractivity contribution >= 4 is 21.8 Å². The van der Waals surface area contributed by atoms with Crippen LogP contribution in [-0.2, 0) is 11.2 Å². The van der Waals surface area contributed by atoms with Crippen LogP contribution in [0, 0.1) is 5.92 Å². The van der Waals surface area contributed by atoms with Crippen molar-refractivity contribution in [3.8, 4) is 5.75 Å². The summed E-state index contributed by atoms with van der Waals surface area (Å²) in [5.74, 6) is 1.43. The summed E-state index contributed by atoms with van der Waals surface area (Å²) in [6.45, 7) is 4.99. The fourth-order valence-corrected chi connectivity index (χ4v) is 3.16. The van der Waals surface area contributed by atoms with Gasteiger partial charge in [-0.15, -0.1) is 0 Å². The molecule has 1 aromatic rings. The Morgan fingerprint density at radius 2 is 2.21 bits per heavy atom. The number of nitrogens with one attached hydrogen (secondary N) is 1. The first-order valence-corrected chi connectivity index (χ1v) is 7.64. The molecule has 19 heavy (non-hydrogen) atoms. The molecule has 0 spiro atoms. The van der Waals surface area contributed by atoms with E-state index in [1.54, 1.807) is 0 Å². The third-order valence-corrected chi connectivity index (χ3v) is 3.86. The molecule has 0 saturated carbocycles. The first-order chi connectivity index (χ1) is 9.06. The molecule has 0 radical (unpaired) electrons. The van der Waals surface area contributed by atoms with E-state index in [2.05, 4.69) is 35.1 Å². The van der Waals surface area contributed by atoms with E-state index in [1.807, 2.05) is 24.3 Å². The van der Waals surface area contributed by atoms with E-state index < -0.39 is 0 Å². The van der Waals surface area contributed by atoms with E-state index in [-0.39, 0.29) is 12.0 Å². The predicted molar refractivity (Wildman–Crippen MR) is 79.7 cm³/mol. The SMILES string of the molecule is CC(C)CC(Br)CNC(=O)C1Cc2ccccc2O1. The van der Waals surface area contributed by atoms with Gasteiger partial charge in [-0.1, -0.05) is 48.0 Å². The van der Waals surface area contributed by atoms with E-state index in [1.165, 1.54) is 0 Å². The molecule has 3 nitrogen and oxygen atoms in total. The zero-order chi connectivity index (χ0) is 13.8. The Hall–Kier alpha value is -1.03. The number of amides is 1. The van der Waals surface area contributed by atoms with Gasteiger partial charge in [-0.05, 0) is 24.0 Å². The van der Waals surface area contributed by atoms with Crippen LogP contribution in [0.15, 0.2) is 24.3 Å². The fraction of sp³-hybridized carbons (Fsp3) is 0.533. The topological polar surface area (TPSA) is 38.3 Å². The Kier molecular flexibility index (Phi) is 4.86. The highest BCUT2D eigenvalue weighted by atomic mass is 79.9. The second-order valence-electron chi connectivity index (χ2n) is 5.39. The number of alkyl halides is 1. The van der Waals surface area contributed by atoms with Gasteiger partial charge in [-0.3, -0.25) is 4.79 Å². The highest BCUT2D eigenvalue weighted by molar-refractivity contribution is 9.09. The lowest BCUT2D eigenvalue weighted by molar-refractivity contribution is -0.127. The largest absolute Gasteiger partial charge is 0.480 e. The molecule has 1 aliphatic heterocycles. The lowest BCUT2D eigenvalue weighted by Crippen LogP contribution is -2.40. The van der Waals surface area contributed by atoms with Crippen LogP contribution in [0.4, 0.5) is 0 Å². The number of rotatable bonds is 5. The van der Waals surface area contributed by atoms with Gasteiger partial charge in [0.25, 0.3) is 5.91 Å². The average Bonchev–Trinajstić information content (AvgIpc) is 2.78. The summed E-state index contributed by atoms with van der Waals surface area (Å²) in [5, 5.41) is 2.95. The van der Waals surface area contributed by atoms with Crippen LogP contribution in [0.2, 0.25) is 0 Å². The predicted octanol–water partition coefficient (Wildman–Crippen LogP) is 2.92. The minimum atomic E-state index is -0.379. The van der Waals surface area contributed by atoms with Gasteiger partial charge in [0.15, 0.2) is 6.10 Å². The molecule has 104 valence electrons. The minimum absolute atomic E-state index is 0.0237. The smallest absolute Gasteiger partial charge is 0.261 e. The number of fused-ring (bicyclic) bond motifs is 1. The molecule has 0 aromatic heterocycles. The number of halogens is 1. The highest BCUT2D eigenvalue weighted by Gasteiger charge is 2.28. The molecule has 1 heterocycles. The third kappa shape index (κ3) is 3.96. The van der Waals surface area contributed by atoms with Crippen LogP contribution < -0.4 is 10.1 Å². The molecule has 0 bridgehead atoms. The molecular formula is C15H20BrNO2. The first-order valence-electron chi connectivity index (χ1n) is 6.72. The van der Waals surface area contributed by atoms with E-state index in [0.29, 0.717) is 23.7 Å². The maximum Gasteiger partial charge on any atom is 0.261 e. The Morgan fingerprint density at radius 3 is 2.89 bits per heavy atom. The maximum atomic E-state index is 12.0. The van der Waals surface area contributed by atoms with Crippen molar-refractivity contribution < 1.29 is 9.53 Å². The molecule has 2 unspecified atom stereocenters. The van der Waals surface area contributed by atoms with E-state index >= 15 is 0 Å².